The van der Waals surface area contributed by atoms with E-state index in [4.69, 9.17) is 0 Å². The molecule has 0 N–H and O–H groups in total. The first-order valence-corrected chi connectivity index (χ1v) is 9.02. The Kier molecular flexibility index (Phi) is 4.32. The van der Waals surface area contributed by atoms with Gasteiger partial charge >= 0.3 is 0 Å². The molecule has 130 valence electrons. The number of benzene rings is 2. The van der Waals surface area contributed by atoms with Crippen LogP contribution in [0.4, 0.5) is 0 Å². The molecule has 4 nitrogen and oxygen atoms in total. The lowest BCUT2D eigenvalue weighted by Gasteiger charge is -2.37. The maximum absolute atomic E-state index is 10.4. The van der Waals surface area contributed by atoms with Crippen molar-refractivity contribution in [1.29, 1.82) is 5.26 Å². The summed E-state index contributed by atoms with van der Waals surface area (Å²) in [6, 6.07) is 23.3. The first-order chi connectivity index (χ1) is 12.8. The van der Waals surface area contributed by atoms with Gasteiger partial charge in [-0.25, -0.2) is 4.98 Å². The molecule has 4 heteroatoms. The van der Waals surface area contributed by atoms with Gasteiger partial charge in [0.05, 0.1) is 6.07 Å². The van der Waals surface area contributed by atoms with E-state index in [9.17, 15) is 5.26 Å². The van der Waals surface area contributed by atoms with Crippen LogP contribution in [0.1, 0.15) is 29.4 Å². The van der Waals surface area contributed by atoms with Gasteiger partial charge in [0.15, 0.2) is 5.54 Å². The highest BCUT2D eigenvalue weighted by atomic mass is 15.3. The number of rotatable bonds is 4. The van der Waals surface area contributed by atoms with Gasteiger partial charge in [-0.3, -0.25) is 4.90 Å². The second kappa shape index (κ2) is 6.78. The molecule has 1 aliphatic heterocycles. The normalized spacial score (nSPS) is 17.9. The van der Waals surface area contributed by atoms with Crippen LogP contribution in [0.5, 0.6) is 0 Å². The molecule has 0 bridgehead atoms. The minimum absolute atomic E-state index is 0.345. The monoisotopic (exact) mass is 342 g/mol. The fraction of sp³-hybridized carbons (Fsp3) is 0.273. The highest BCUT2D eigenvalue weighted by Crippen LogP contribution is 2.40. The predicted molar refractivity (Wildman–Crippen MR) is 101 cm³/mol. The van der Waals surface area contributed by atoms with E-state index in [2.05, 4.69) is 44.8 Å². The maximum Gasteiger partial charge on any atom is 0.160 e. The van der Waals surface area contributed by atoms with Crippen LogP contribution >= 0.6 is 0 Å². The van der Waals surface area contributed by atoms with E-state index in [1.807, 2.05) is 55.7 Å². The number of imidazole rings is 1. The largest absolute Gasteiger partial charge is 0.331 e. The Labute approximate surface area is 154 Å². The number of hydrogen-bond acceptors (Lipinski definition) is 3. The van der Waals surface area contributed by atoms with Gasteiger partial charge in [-0.15, -0.1) is 0 Å². The number of aryl methyl sites for hydroxylation is 1. The third-order valence-electron chi connectivity index (χ3n) is 5.44. The topological polar surface area (TPSA) is 44.9 Å². The highest BCUT2D eigenvalue weighted by Gasteiger charge is 2.44. The summed E-state index contributed by atoms with van der Waals surface area (Å²) >= 11 is 0. The summed E-state index contributed by atoms with van der Waals surface area (Å²) in [4.78, 5) is 6.69. The minimum Gasteiger partial charge on any atom is -0.331 e. The summed E-state index contributed by atoms with van der Waals surface area (Å²) in [6.45, 7) is 3.74. The van der Waals surface area contributed by atoms with Gasteiger partial charge in [0.1, 0.15) is 5.82 Å². The van der Waals surface area contributed by atoms with Crippen molar-refractivity contribution in [3.05, 3.63) is 90.0 Å². The summed E-state index contributed by atoms with van der Waals surface area (Å²) in [6.07, 6.45) is 4.91. The Morgan fingerprint density at radius 1 is 1.04 bits per heavy atom. The summed E-state index contributed by atoms with van der Waals surface area (Å²) in [5, 5.41) is 10.4. The van der Waals surface area contributed by atoms with Crippen molar-refractivity contribution in [3.8, 4) is 6.07 Å². The Balaban J connectivity index is 1.78. The Hall–Kier alpha value is -2.90. The standard InChI is InChI=1S/C22H22N4/c1-18-24-13-15-26(18)21-12-14-25(16-21)22(17-23,19-8-4-2-5-9-19)20-10-6-3-7-11-20/h2-11,13,15,21H,12,14,16H2,1H3. The van der Waals surface area contributed by atoms with E-state index in [0.717, 1.165) is 36.5 Å². The molecule has 3 aromatic rings. The SMILES string of the molecule is Cc1nccn1C1CCN(C(C#N)(c2ccccc2)c2ccccc2)C1. The van der Waals surface area contributed by atoms with E-state index < -0.39 is 5.54 Å². The zero-order valence-electron chi connectivity index (χ0n) is 14.9. The molecule has 2 heterocycles. The van der Waals surface area contributed by atoms with Crippen molar-refractivity contribution >= 4 is 0 Å². The second-order valence-corrected chi connectivity index (χ2v) is 6.82. The van der Waals surface area contributed by atoms with Crippen LogP contribution in [-0.2, 0) is 5.54 Å². The first-order valence-electron chi connectivity index (χ1n) is 9.02. The zero-order chi connectivity index (χ0) is 18.0. The second-order valence-electron chi connectivity index (χ2n) is 6.82. The van der Waals surface area contributed by atoms with Crippen LogP contribution in [0.15, 0.2) is 73.1 Å². The molecule has 1 fully saturated rings. The number of nitrogens with zero attached hydrogens (tertiary/aromatic N) is 4. The molecule has 1 saturated heterocycles. The average Bonchev–Trinajstić information content (AvgIpc) is 3.34. The summed E-state index contributed by atoms with van der Waals surface area (Å²) in [5.41, 5.74) is 1.28. The molecule has 0 saturated carbocycles. The van der Waals surface area contributed by atoms with E-state index in [-0.39, 0.29) is 0 Å². The van der Waals surface area contributed by atoms with E-state index >= 15 is 0 Å². The van der Waals surface area contributed by atoms with Crippen LogP contribution in [0.3, 0.4) is 0 Å². The number of nitriles is 1. The number of aromatic nitrogens is 2. The number of likely N-dealkylation sites (tertiary alicyclic amines) is 1. The van der Waals surface area contributed by atoms with E-state index in [1.54, 1.807) is 0 Å². The highest BCUT2D eigenvalue weighted by molar-refractivity contribution is 5.45. The smallest absolute Gasteiger partial charge is 0.160 e. The van der Waals surface area contributed by atoms with Crippen LogP contribution in [0.2, 0.25) is 0 Å². The van der Waals surface area contributed by atoms with Crippen molar-refractivity contribution in [2.45, 2.75) is 24.9 Å². The minimum atomic E-state index is -0.772. The van der Waals surface area contributed by atoms with Gasteiger partial charge in [-0.2, -0.15) is 5.26 Å². The molecule has 0 amide bonds. The molecule has 26 heavy (non-hydrogen) atoms. The molecule has 0 radical (unpaired) electrons. The van der Waals surface area contributed by atoms with Crippen LogP contribution in [-0.4, -0.2) is 27.5 Å². The molecule has 0 aliphatic carbocycles. The quantitative estimate of drug-likeness (QED) is 0.722. The summed E-state index contributed by atoms with van der Waals surface area (Å²) < 4.78 is 2.23. The lowest BCUT2D eigenvalue weighted by atomic mass is 9.82. The Bertz CT molecular complexity index is 869. The summed E-state index contributed by atoms with van der Waals surface area (Å²) in [5.74, 6) is 1.03. The maximum atomic E-state index is 10.4. The van der Waals surface area contributed by atoms with Crippen molar-refractivity contribution in [3.63, 3.8) is 0 Å². The van der Waals surface area contributed by atoms with Crippen molar-refractivity contribution in [2.24, 2.45) is 0 Å². The molecule has 1 atom stereocenters. The molecular formula is C22H22N4. The van der Waals surface area contributed by atoms with Gasteiger partial charge in [0.2, 0.25) is 0 Å². The van der Waals surface area contributed by atoms with E-state index in [1.165, 1.54) is 0 Å². The molecule has 1 aromatic heterocycles. The van der Waals surface area contributed by atoms with Crippen LogP contribution in [0.25, 0.3) is 0 Å². The Morgan fingerprint density at radius 3 is 2.15 bits per heavy atom. The van der Waals surface area contributed by atoms with Crippen molar-refractivity contribution in [1.82, 2.24) is 14.5 Å². The van der Waals surface area contributed by atoms with Gasteiger partial charge in [-0.1, -0.05) is 60.7 Å². The first kappa shape index (κ1) is 16.6. The van der Waals surface area contributed by atoms with E-state index in [0.29, 0.717) is 6.04 Å². The molecular weight excluding hydrogens is 320 g/mol. The molecule has 0 spiro atoms. The lowest BCUT2D eigenvalue weighted by Crippen LogP contribution is -2.45. The van der Waals surface area contributed by atoms with Crippen LogP contribution < -0.4 is 0 Å². The summed E-state index contributed by atoms with van der Waals surface area (Å²) in [7, 11) is 0. The predicted octanol–water partition coefficient (Wildman–Crippen LogP) is 3.91. The average molecular weight is 342 g/mol. The zero-order valence-corrected chi connectivity index (χ0v) is 14.9. The molecule has 1 aliphatic rings. The fourth-order valence-corrected chi connectivity index (χ4v) is 4.14. The van der Waals surface area contributed by atoms with Gasteiger partial charge in [0.25, 0.3) is 0 Å². The molecule has 1 unspecified atom stereocenters. The lowest BCUT2D eigenvalue weighted by molar-refractivity contribution is 0.206. The van der Waals surface area contributed by atoms with Gasteiger partial charge in [0, 0.05) is 31.5 Å². The number of hydrogen-bond donors (Lipinski definition) is 0. The van der Waals surface area contributed by atoms with Gasteiger partial charge < -0.3 is 4.57 Å². The third-order valence-corrected chi connectivity index (χ3v) is 5.44. The Morgan fingerprint density at radius 2 is 1.65 bits per heavy atom. The fourth-order valence-electron chi connectivity index (χ4n) is 4.14. The van der Waals surface area contributed by atoms with Crippen LogP contribution in [0, 0.1) is 18.3 Å². The van der Waals surface area contributed by atoms with Gasteiger partial charge in [-0.05, 0) is 24.5 Å². The molecule has 4 rings (SSSR count). The molecule has 2 aromatic carbocycles. The van der Waals surface area contributed by atoms with Crippen molar-refractivity contribution < 1.29 is 0 Å². The van der Waals surface area contributed by atoms with Crippen molar-refractivity contribution in [2.75, 3.05) is 13.1 Å². The third kappa shape index (κ3) is 2.61.